The fourth-order valence-electron chi connectivity index (χ4n) is 9.66. The number of hydrogen-bond acceptors (Lipinski definition) is 7. The van der Waals surface area contributed by atoms with Crippen LogP contribution in [0.25, 0.3) is 142 Å². The summed E-state index contributed by atoms with van der Waals surface area (Å²) in [6.45, 7) is 0.452. The molecule has 0 radical (unpaired) electrons. The van der Waals surface area contributed by atoms with Gasteiger partial charge in [-0.05, 0) is 103 Å². The minimum Gasteiger partial charge on any atom is -0.456 e. The first-order valence-corrected chi connectivity index (χ1v) is 35.4. The Bertz CT molecular complexity index is 4380. The van der Waals surface area contributed by atoms with Crippen molar-refractivity contribution in [1.29, 1.82) is 0 Å². The van der Waals surface area contributed by atoms with E-state index in [9.17, 15) is 0 Å². The zero-order valence-electron chi connectivity index (χ0n) is 37.6. The molecule has 71 heavy (non-hydrogen) atoms. The van der Waals surface area contributed by atoms with Crippen molar-refractivity contribution in [3.63, 3.8) is 0 Å². The van der Waals surface area contributed by atoms with E-state index in [0.717, 1.165) is 117 Å². The molecule has 0 aliphatic rings. The molecule has 14 rings (SSSR count). The van der Waals surface area contributed by atoms with Crippen LogP contribution in [0.15, 0.2) is 201 Å². The van der Waals surface area contributed by atoms with Gasteiger partial charge in [0.25, 0.3) is 0 Å². The number of aromatic nitrogens is 3. The van der Waals surface area contributed by atoms with Crippen molar-refractivity contribution in [2.75, 3.05) is 0 Å². The summed E-state index contributed by atoms with van der Waals surface area (Å²) in [6, 6.07) is 65.0. The summed E-state index contributed by atoms with van der Waals surface area (Å²) in [5.74, 6) is 1.82. The van der Waals surface area contributed by atoms with E-state index in [-0.39, 0.29) is 14.0 Å². The molecular formula is C57H40N3O3P7S. The quantitative estimate of drug-likeness (QED) is 0.148. The Hall–Kier alpha value is -5.38. The third kappa shape index (κ3) is 8.22. The molecule has 0 amide bonds. The van der Waals surface area contributed by atoms with E-state index in [0.29, 0.717) is 17.5 Å². The lowest BCUT2D eigenvalue weighted by atomic mass is 9.95. The molecule has 0 fully saturated rings. The highest BCUT2D eigenvalue weighted by Gasteiger charge is 2.22. The van der Waals surface area contributed by atoms with E-state index in [1.165, 1.54) is 15.5 Å². The van der Waals surface area contributed by atoms with Gasteiger partial charge in [-0.25, -0.2) is 15.0 Å². The third-order valence-electron chi connectivity index (χ3n) is 12.9. The molecule has 9 aromatic carbocycles. The lowest BCUT2D eigenvalue weighted by Gasteiger charge is -2.11. The third-order valence-corrected chi connectivity index (χ3v) is 44.7. The van der Waals surface area contributed by atoms with E-state index in [2.05, 4.69) is 157 Å². The van der Waals surface area contributed by atoms with Crippen LogP contribution >= 0.6 is 69.0 Å². The summed E-state index contributed by atoms with van der Waals surface area (Å²) in [4.78, 5) is 15.6. The van der Waals surface area contributed by atoms with Crippen LogP contribution in [0.4, 0.5) is 0 Å². The molecule has 342 valence electrons. The minimum absolute atomic E-state index is 0.191. The molecule has 6 unspecified atom stereocenters. The van der Waals surface area contributed by atoms with Crippen molar-refractivity contribution in [1.82, 2.24) is 15.0 Å². The largest absolute Gasteiger partial charge is 0.456 e. The summed E-state index contributed by atoms with van der Waals surface area (Å²) < 4.78 is 21.8. The van der Waals surface area contributed by atoms with Crippen LogP contribution < -0.4 is 0 Å². The molecule has 6 atom stereocenters. The maximum atomic E-state index is 6.59. The van der Waals surface area contributed by atoms with Gasteiger partial charge in [-0.3, -0.25) is 0 Å². The van der Waals surface area contributed by atoms with Gasteiger partial charge in [-0.15, -0.1) is 47.1 Å². The average Bonchev–Trinajstić information content (AvgIpc) is 4.20. The highest BCUT2D eigenvalue weighted by molar-refractivity contribution is 8.98. The Morgan fingerprint density at radius 2 is 0.901 bits per heavy atom. The van der Waals surface area contributed by atoms with Gasteiger partial charge in [0, 0.05) is 69.2 Å². The highest BCUT2D eigenvalue weighted by atomic mass is 33.0. The van der Waals surface area contributed by atoms with Crippen molar-refractivity contribution >= 4 is 155 Å². The second-order valence-corrected chi connectivity index (χ2v) is 40.3. The van der Waals surface area contributed by atoms with Gasteiger partial charge in [0.05, 0.1) is 0 Å². The van der Waals surface area contributed by atoms with E-state index < -0.39 is 0 Å². The predicted molar refractivity (Wildman–Crippen MR) is 323 cm³/mol. The van der Waals surface area contributed by atoms with Crippen LogP contribution in [0.1, 0.15) is 0 Å². The second-order valence-electron chi connectivity index (χ2n) is 17.1. The van der Waals surface area contributed by atoms with Crippen LogP contribution in [0.3, 0.4) is 0 Å². The Kier molecular flexibility index (Phi) is 12.1. The number of furan rings is 3. The lowest BCUT2D eigenvalue weighted by Crippen LogP contribution is -2.00. The van der Waals surface area contributed by atoms with Gasteiger partial charge >= 0.3 is 0 Å². The first-order chi connectivity index (χ1) is 34.9. The first-order valence-electron chi connectivity index (χ1n) is 22.7. The zero-order chi connectivity index (χ0) is 47.7. The number of thiophene rings is 1. The normalized spacial score (nSPS) is 12.5. The van der Waals surface area contributed by atoms with Crippen LogP contribution in [-0.4, -0.2) is 15.0 Å². The highest BCUT2D eigenvalue weighted by Crippen LogP contribution is 2.92. The predicted octanol–water partition coefficient (Wildman–Crippen LogP) is 19.9. The summed E-state index contributed by atoms with van der Waals surface area (Å²) in [7, 11) is 12.4. The standard InChI is InChI=1S/C57H31N3O3S.H9P7/c1-2-11-32(12-3-1)55-58-56(60-57(59-55)42-18-8-16-40-39-14-5-7-22-51(39)64-54(40)42)41-17-10-21-49-53(41)44-30-35(25-28-47(44)62-49)36-15-9-20-48-52(36)43-29-33(24-27-46(43)61-48)34-23-26-38-37-13-4-6-19-45(37)63-50(38)31-34;1-5-7(4)6(2)3/h1-31H;5H,1-4H2. The smallest absolute Gasteiger partial charge is 0.165 e. The number of hydrogen-bond donors (Lipinski definition) is 0. The molecule has 5 aromatic heterocycles. The van der Waals surface area contributed by atoms with Gasteiger partial charge in [0.15, 0.2) is 17.5 Å². The van der Waals surface area contributed by atoms with E-state index in [1.807, 2.05) is 66.7 Å². The molecule has 14 heteroatoms. The Morgan fingerprint density at radius 1 is 0.380 bits per heavy atom. The van der Waals surface area contributed by atoms with Crippen molar-refractivity contribution in [3.8, 4) is 56.4 Å². The Balaban J connectivity index is 0.000000658. The van der Waals surface area contributed by atoms with Gasteiger partial charge < -0.3 is 13.3 Å². The molecule has 0 aliphatic heterocycles. The fraction of sp³-hybridized carbons (Fsp3) is 0. The van der Waals surface area contributed by atoms with Crippen LogP contribution in [-0.2, 0) is 0 Å². The van der Waals surface area contributed by atoms with Crippen molar-refractivity contribution in [2.45, 2.75) is 0 Å². The molecule has 0 saturated carbocycles. The second kappa shape index (κ2) is 18.9. The maximum absolute atomic E-state index is 6.59. The van der Waals surface area contributed by atoms with Crippen molar-refractivity contribution < 1.29 is 13.3 Å². The van der Waals surface area contributed by atoms with Gasteiger partial charge in [-0.2, -0.15) is 0 Å². The van der Waals surface area contributed by atoms with E-state index in [1.54, 1.807) is 11.3 Å². The number of para-hydroxylation sites is 1. The van der Waals surface area contributed by atoms with Crippen LogP contribution in [0.2, 0.25) is 0 Å². The molecule has 14 aromatic rings. The van der Waals surface area contributed by atoms with E-state index >= 15 is 0 Å². The molecule has 0 saturated heterocycles. The number of fused-ring (bicyclic) bond motifs is 12. The van der Waals surface area contributed by atoms with Crippen LogP contribution in [0, 0.1) is 0 Å². The molecule has 5 heterocycles. The number of nitrogens with zero attached hydrogens (tertiary/aromatic N) is 3. The Labute approximate surface area is 424 Å². The monoisotopic (exact) mass is 1060 g/mol. The van der Waals surface area contributed by atoms with Gasteiger partial charge in [0.2, 0.25) is 0 Å². The number of benzene rings is 9. The maximum Gasteiger partial charge on any atom is 0.165 e. The lowest BCUT2D eigenvalue weighted by molar-refractivity contribution is 0.668. The number of rotatable bonds is 7. The summed E-state index contributed by atoms with van der Waals surface area (Å²) >= 11 is 1.77. The molecule has 0 bridgehead atoms. The SMILES string of the molecule is PPP(P)P(P)P.c1ccc(-c2nc(-c3cccc4c3sc3ccccc34)nc(-c3cccc4oc5ccc(-c6cccc7oc8ccc(-c9ccc%10c(c9)oc9ccccc9%10)cc8c67)cc5c34)n2)cc1. The molecular weight excluding hydrogens is 1020 g/mol. The topological polar surface area (TPSA) is 78.1 Å². The summed E-state index contributed by atoms with van der Waals surface area (Å²) in [6.07, 6.45) is 0. The zero-order valence-corrected chi connectivity index (χ0v) is 45.8. The van der Waals surface area contributed by atoms with Crippen molar-refractivity contribution in [2.24, 2.45) is 0 Å². The molecule has 6 nitrogen and oxygen atoms in total. The summed E-state index contributed by atoms with van der Waals surface area (Å²) in [5, 5.41) is 8.68. The summed E-state index contributed by atoms with van der Waals surface area (Å²) in [5.41, 5.74) is 12.0. The van der Waals surface area contributed by atoms with Crippen LogP contribution in [0.5, 0.6) is 0 Å². The first kappa shape index (κ1) is 45.5. The minimum atomic E-state index is 0.191. The molecule has 0 spiro atoms. The van der Waals surface area contributed by atoms with Gasteiger partial charge in [-0.1, -0.05) is 129 Å². The molecule has 0 N–H and O–H groups in total. The van der Waals surface area contributed by atoms with Gasteiger partial charge in [0.1, 0.15) is 33.5 Å². The van der Waals surface area contributed by atoms with Crippen molar-refractivity contribution in [3.05, 3.63) is 188 Å². The van der Waals surface area contributed by atoms with E-state index in [4.69, 9.17) is 28.2 Å². The average molecular weight is 1060 g/mol. The Morgan fingerprint density at radius 3 is 1.65 bits per heavy atom. The fourth-order valence-corrected chi connectivity index (χ4v) is 27.0. The molecule has 0 aliphatic carbocycles.